The number of carbonyl (C=O) groups is 1. The van der Waals surface area contributed by atoms with Crippen molar-refractivity contribution in [2.24, 2.45) is 0 Å². The van der Waals surface area contributed by atoms with Gasteiger partial charge >= 0.3 is 0 Å². The Morgan fingerprint density at radius 1 is 1.15 bits per heavy atom. The summed E-state index contributed by atoms with van der Waals surface area (Å²) in [4.78, 5) is 18.4. The van der Waals surface area contributed by atoms with E-state index < -0.39 is 21.7 Å². The Bertz CT molecular complexity index is 1160. The predicted octanol–water partition coefficient (Wildman–Crippen LogP) is 1.27. The Labute approximate surface area is 196 Å². The number of ether oxygens (including phenoxy) is 1. The molecule has 0 N–H and O–H groups in total. The van der Waals surface area contributed by atoms with Gasteiger partial charge in [-0.3, -0.25) is 9.00 Å². The Kier molecular flexibility index (Phi) is 6.74. The van der Waals surface area contributed by atoms with Crippen LogP contribution in [0.25, 0.3) is 11.3 Å². The minimum absolute atomic E-state index is 0.0103. The summed E-state index contributed by atoms with van der Waals surface area (Å²) < 4.78 is 35.8. The topological polar surface area (TPSA) is 85.5 Å². The van der Waals surface area contributed by atoms with E-state index in [4.69, 9.17) is 32.8 Å². The zero-order valence-corrected chi connectivity index (χ0v) is 18.4. The molecule has 0 spiro atoms. The van der Waals surface area contributed by atoms with Gasteiger partial charge in [0.05, 0.1) is 34.7 Å². The van der Waals surface area contributed by atoms with Crippen LogP contribution in [-0.2, 0) is 22.5 Å². The Morgan fingerprint density at radius 2 is 1.85 bits per heavy atom. The van der Waals surface area contributed by atoms with Gasteiger partial charge in [0, 0.05) is 53.2 Å². The average Bonchev–Trinajstić information content (AvgIpc) is 3.23. The van der Waals surface area contributed by atoms with Crippen LogP contribution in [0.1, 0.15) is 21.7 Å². The third-order valence-corrected chi connectivity index (χ3v) is 6.39. The van der Waals surface area contributed by atoms with Gasteiger partial charge in [0.25, 0.3) is 5.91 Å². The van der Waals surface area contributed by atoms with Crippen molar-refractivity contribution in [1.82, 2.24) is 15.0 Å². The van der Waals surface area contributed by atoms with Crippen molar-refractivity contribution in [3.05, 3.63) is 65.3 Å². The van der Waals surface area contributed by atoms with Gasteiger partial charge in [0.15, 0.2) is 0 Å². The van der Waals surface area contributed by atoms with E-state index in [1.165, 1.54) is 30.5 Å². The second-order valence-electron chi connectivity index (χ2n) is 7.59. The van der Waals surface area contributed by atoms with E-state index in [0.29, 0.717) is 47.0 Å². The largest absolute Gasteiger partial charge is 0.473 e. The molecule has 162 valence electrons. The fraction of sp³-hybridized carbons (Fsp3) is 0.286. The lowest BCUT2D eigenvalue weighted by Crippen LogP contribution is -2.41. The molecular weight excluding hydrogens is 442 g/mol. The van der Waals surface area contributed by atoms with Gasteiger partial charge in [-0.15, -0.1) is 0 Å². The van der Waals surface area contributed by atoms with Crippen LogP contribution in [0.5, 0.6) is 5.88 Å². The van der Waals surface area contributed by atoms with Crippen LogP contribution < -0.4 is 4.74 Å². The van der Waals surface area contributed by atoms with Gasteiger partial charge in [-0.2, -0.15) is 0 Å². The summed E-state index contributed by atoms with van der Waals surface area (Å²) in [5.41, 5.74) is 1.70. The molecule has 3 heterocycles. The number of benzene rings is 1. The predicted molar refractivity (Wildman–Crippen MR) is 123 cm³/mol. The molecule has 12 heteroatoms. The summed E-state index contributed by atoms with van der Waals surface area (Å²) >= 11 is 0. The van der Waals surface area contributed by atoms with Crippen molar-refractivity contribution in [3.8, 4) is 17.1 Å². The molecule has 1 aliphatic heterocycles. The number of hydrogen-bond donors (Lipinski definition) is 0. The first-order valence-electron chi connectivity index (χ1n) is 10.1. The lowest BCUT2D eigenvalue weighted by atomic mass is 9.41. The van der Waals surface area contributed by atoms with Crippen LogP contribution in [-0.4, -0.2) is 73.3 Å². The molecule has 4 rings (SSSR count). The molecular formula is C21H17B3FN3O4S. The fourth-order valence-electron chi connectivity index (χ4n) is 3.38. The Morgan fingerprint density at radius 3 is 2.45 bits per heavy atom. The highest BCUT2D eigenvalue weighted by molar-refractivity contribution is 7.85. The summed E-state index contributed by atoms with van der Waals surface area (Å²) in [5, 5.41) is 2.17. The summed E-state index contributed by atoms with van der Waals surface area (Å²) in [6.45, 7) is 0.813. The zero-order chi connectivity index (χ0) is 23.6. The van der Waals surface area contributed by atoms with Crippen LogP contribution >= 0.6 is 0 Å². The molecule has 2 aromatic heterocycles. The second-order valence-corrected chi connectivity index (χ2v) is 9.29. The summed E-state index contributed by atoms with van der Waals surface area (Å²) in [7, 11) is 16.5. The van der Waals surface area contributed by atoms with Crippen LogP contribution in [0.2, 0.25) is 0 Å². The molecule has 33 heavy (non-hydrogen) atoms. The van der Waals surface area contributed by atoms with Crippen molar-refractivity contribution in [1.29, 1.82) is 0 Å². The van der Waals surface area contributed by atoms with Gasteiger partial charge in [-0.1, -0.05) is 10.3 Å². The quantitative estimate of drug-likeness (QED) is 0.517. The Balaban J connectivity index is 1.50. The third kappa shape index (κ3) is 5.38. The molecule has 0 saturated carbocycles. The van der Waals surface area contributed by atoms with Crippen molar-refractivity contribution in [2.75, 3.05) is 24.6 Å². The maximum absolute atomic E-state index is 13.3. The van der Waals surface area contributed by atoms with Gasteiger partial charge in [0.2, 0.25) is 5.88 Å². The molecule has 0 atom stereocenters. The molecule has 0 aliphatic carbocycles. The highest BCUT2D eigenvalue weighted by Crippen LogP contribution is 2.30. The molecule has 7 nitrogen and oxygen atoms in total. The molecule has 3 aromatic rings. The van der Waals surface area contributed by atoms with Crippen LogP contribution in [0.3, 0.4) is 0 Å². The van der Waals surface area contributed by atoms with E-state index in [1.807, 2.05) is 0 Å². The third-order valence-electron chi connectivity index (χ3n) is 5.11. The van der Waals surface area contributed by atoms with E-state index >= 15 is 0 Å². The van der Waals surface area contributed by atoms with E-state index in [9.17, 15) is 13.4 Å². The number of hydrogen-bond acceptors (Lipinski definition) is 6. The monoisotopic (exact) mass is 459 g/mol. The van der Waals surface area contributed by atoms with Crippen LogP contribution in [0.4, 0.5) is 4.39 Å². The molecule has 1 saturated heterocycles. The molecule has 6 radical (unpaired) electrons. The first kappa shape index (κ1) is 23.3. The zero-order valence-electron chi connectivity index (χ0n) is 17.6. The first-order chi connectivity index (χ1) is 15.7. The van der Waals surface area contributed by atoms with Gasteiger partial charge in [-0.05, 0) is 30.3 Å². The smallest absolute Gasteiger partial charge is 0.255 e. The molecule has 1 amide bonds. The SMILES string of the molecule is [B]C([B])([B])c1onc(-c2ccc(F)cc2)c1COc1ccc(C(=O)N2CCS(=O)CC2)cn1. The average molecular weight is 459 g/mol. The molecule has 0 bridgehead atoms. The van der Waals surface area contributed by atoms with Crippen molar-refractivity contribution in [2.45, 2.75) is 11.7 Å². The normalized spacial score (nSPS) is 14.9. The maximum Gasteiger partial charge on any atom is 0.255 e. The Hall–Kier alpha value is -2.88. The number of aromatic nitrogens is 2. The number of nitrogens with zero attached hydrogens (tertiary/aromatic N) is 3. The second kappa shape index (κ2) is 9.55. The van der Waals surface area contributed by atoms with E-state index in [-0.39, 0.29) is 24.2 Å². The van der Waals surface area contributed by atoms with Gasteiger partial charge in [-0.25, -0.2) is 9.37 Å². The first-order valence-corrected chi connectivity index (χ1v) is 11.6. The summed E-state index contributed by atoms with van der Waals surface area (Å²) in [6.07, 6.45) is 1.41. The number of rotatable bonds is 6. The molecule has 0 unspecified atom stereocenters. The summed E-state index contributed by atoms with van der Waals surface area (Å²) in [5.74, 6) is 0.620. The lowest BCUT2D eigenvalue weighted by molar-refractivity contribution is 0.0770. The van der Waals surface area contributed by atoms with E-state index in [1.54, 1.807) is 17.0 Å². The van der Waals surface area contributed by atoms with E-state index in [0.717, 1.165) is 0 Å². The lowest BCUT2D eigenvalue weighted by Gasteiger charge is -2.26. The number of amides is 1. The number of halogens is 1. The maximum atomic E-state index is 13.3. The van der Waals surface area contributed by atoms with Crippen LogP contribution in [0, 0.1) is 5.82 Å². The van der Waals surface area contributed by atoms with Crippen molar-refractivity contribution < 1.29 is 22.7 Å². The standard InChI is InChI=1S/C21H17B3FN3O4S/c22-21(23,24)19-16(18(27-32-19)13-1-4-15(25)5-2-13)12-31-17-6-3-14(11-26-17)20(29)28-7-9-33(30)10-8-28/h1-6,11H,7-10,12H2. The minimum Gasteiger partial charge on any atom is -0.473 e. The fourth-order valence-corrected chi connectivity index (χ4v) is 4.43. The molecule has 1 fully saturated rings. The van der Waals surface area contributed by atoms with Crippen LogP contribution in [0.15, 0.2) is 47.1 Å². The van der Waals surface area contributed by atoms with Gasteiger partial charge < -0.3 is 14.2 Å². The minimum atomic E-state index is -1.81. The van der Waals surface area contributed by atoms with Gasteiger partial charge in [0.1, 0.15) is 23.9 Å². The summed E-state index contributed by atoms with van der Waals surface area (Å²) in [6, 6.07) is 8.78. The van der Waals surface area contributed by atoms with E-state index in [2.05, 4.69) is 10.1 Å². The number of pyridine rings is 1. The molecule has 1 aliphatic rings. The molecule has 1 aromatic carbocycles. The van der Waals surface area contributed by atoms with Crippen molar-refractivity contribution in [3.63, 3.8) is 0 Å². The highest BCUT2D eigenvalue weighted by atomic mass is 32.2. The van der Waals surface area contributed by atoms with Crippen molar-refractivity contribution >= 4 is 40.2 Å². The number of carbonyl (C=O) groups excluding carboxylic acids is 1. The highest BCUT2D eigenvalue weighted by Gasteiger charge is 2.27.